The van der Waals surface area contributed by atoms with Crippen LogP contribution in [0.1, 0.15) is 26.7 Å². The van der Waals surface area contributed by atoms with Crippen molar-refractivity contribution in [2.45, 2.75) is 38.3 Å². The van der Waals surface area contributed by atoms with E-state index in [2.05, 4.69) is 19.2 Å². The second kappa shape index (κ2) is 4.40. The molecule has 3 heteroatoms. The zero-order chi connectivity index (χ0) is 9.90. The van der Waals surface area contributed by atoms with Crippen LogP contribution in [0, 0.1) is 5.92 Å². The zero-order valence-electron chi connectivity index (χ0n) is 8.97. The molecule has 2 atom stereocenters. The smallest absolute Gasteiger partial charge is 0.0616 e. The van der Waals surface area contributed by atoms with E-state index in [0.29, 0.717) is 18.6 Å². The van der Waals surface area contributed by atoms with Crippen molar-refractivity contribution < 1.29 is 4.74 Å². The molecular formula is C10H22N2O. The van der Waals surface area contributed by atoms with Gasteiger partial charge in [0.05, 0.1) is 6.10 Å². The Morgan fingerprint density at radius 3 is 2.77 bits per heavy atom. The number of rotatable bonds is 3. The van der Waals surface area contributed by atoms with Crippen LogP contribution in [-0.4, -0.2) is 31.8 Å². The maximum absolute atomic E-state index is 5.79. The van der Waals surface area contributed by atoms with Crippen LogP contribution in [0.2, 0.25) is 0 Å². The van der Waals surface area contributed by atoms with E-state index in [1.807, 2.05) is 7.05 Å². The molecule has 0 aliphatic carbocycles. The van der Waals surface area contributed by atoms with Crippen LogP contribution < -0.4 is 11.1 Å². The molecule has 1 rings (SSSR count). The predicted molar refractivity (Wildman–Crippen MR) is 54.7 cm³/mol. The Kier molecular flexibility index (Phi) is 3.71. The van der Waals surface area contributed by atoms with E-state index in [4.69, 9.17) is 10.5 Å². The van der Waals surface area contributed by atoms with Gasteiger partial charge in [-0.15, -0.1) is 0 Å². The molecule has 0 aromatic rings. The standard InChI is InChI=1S/C10H22N2O/c1-8(2)9-6-10(7-11,12-3)4-5-13-9/h8-9,12H,4-7,11H2,1-3H3. The van der Waals surface area contributed by atoms with Gasteiger partial charge in [0.1, 0.15) is 0 Å². The van der Waals surface area contributed by atoms with Crippen molar-refractivity contribution in [3.8, 4) is 0 Å². The van der Waals surface area contributed by atoms with Gasteiger partial charge in [0.25, 0.3) is 0 Å². The Balaban J connectivity index is 2.58. The van der Waals surface area contributed by atoms with E-state index in [1.54, 1.807) is 0 Å². The molecule has 1 aliphatic rings. The van der Waals surface area contributed by atoms with Gasteiger partial charge in [0, 0.05) is 18.7 Å². The highest BCUT2D eigenvalue weighted by Gasteiger charge is 2.35. The first-order valence-electron chi connectivity index (χ1n) is 5.14. The van der Waals surface area contributed by atoms with Gasteiger partial charge >= 0.3 is 0 Å². The minimum atomic E-state index is 0.118. The summed E-state index contributed by atoms with van der Waals surface area (Å²) in [6.45, 7) is 5.94. The summed E-state index contributed by atoms with van der Waals surface area (Å²) in [7, 11) is 2.00. The maximum Gasteiger partial charge on any atom is 0.0616 e. The Morgan fingerprint density at radius 2 is 2.31 bits per heavy atom. The topological polar surface area (TPSA) is 47.3 Å². The highest BCUT2D eigenvalue weighted by Crippen LogP contribution is 2.27. The minimum Gasteiger partial charge on any atom is -0.378 e. The van der Waals surface area contributed by atoms with Crippen molar-refractivity contribution in [3.05, 3.63) is 0 Å². The van der Waals surface area contributed by atoms with E-state index in [9.17, 15) is 0 Å². The summed E-state index contributed by atoms with van der Waals surface area (Å²) in [5.41, 5.74) is 5.91. The van der Waals surface area contributed by atoms with Crippen LogP contribution in [0.4, 0.5) is 0 Å². The lowest BCUT2D eigenvalue weighted by atomic mass is 9.83. The lowest BCUT2D eigenvalue weighted by molar-refractivity contribution is -0.0476. The number of hydrogen-bond donors (Lipinski definition) is 2. The molecule has 0 aromatic carbocycles. The normalized spacial score (nSPS) is 35.3. The molecule has 0 bridgehead atoms. The average Bonchev–Trinajstić information content (AvgIpc) is 2.18. The highest BCUT2D eigenvalue weighted by atomic mass is 16.5. The SMILES string of the molecule is CNC1(CN)CCOC(C(C)C)C1. The van der Waals surface area contributed by atoms with Crippen molar-refractivity contribution in [2.75, 3.05) is 20.2 Å². The van der Waals surface area contributed by atoms with Crippen molar-refractivity contribution in [1.82, 2.24) is 5.32 Å². The molecule has 1 saturated heterocycles. The molecule has 1 aliphatic heterocycles. The fourth-order valence-corrected chi connectivity index (χ4v) is 1.89. The van der Waals surface area contributed by atoms with Gasteiger partial charge in [-0.1, -0.05) is 13.8 Å². The lowest BCUT2D eigenvalue weighted by Gasteiger charge is -2.41. The second-order valence-electron chi connectivity index (χ2n) is 4.34. The molecular weight excluding hydrogens is 164 g/mol. The summed E-state index contributed by atoms with van der Waals surface area (Å²) in [6.07, 6.45) is 2.44. The van der Waals surface area contributed by atoms with Crippen LogP contribution in [0.15, 0.2) is 0 Å². The Hall–Kier alpha value is -0.120. The van der Waals surface area contributed by atoms with Crippen molar-refractivity contribution in [3.63, 3.8) is 0 Å². The number of nitrogens with two attached hydrogens (primary N) is 1. The van der Waals surface area contributed by atoms with E-state index in [0.717, 1.165) is 19.4 Å². The van der Waals surface area contributed by atoms with Crippen LogP contribution >= 0.6 is 0 Å². The summed E-state index contributed by atoms with van der Waals surface area (Å²) >= 11 is 0. The third-order valence-electron chi connectivity index (χ3n) is 3.17. The molecule has 0 saturated carbocycles. The van der Waals surface area contributed by atoms with E-state index in [-0.39, 0.29) is 5.54 Å². The van der Waals surface area contributed by atoms with Gasteiger partial charge in [0.2, 0.25) is 0 Å². The molecule has 1 heterocycles. The predicted octanol–water partition coefficient (Wildman–Crippen LogP) is 0.738. The molecule has 78 valence electrons. The van der Waals surface area contributed by atoms with Crippen LogP contribution in [0.5, 0.6) is 0 Å². The summed E-state index contributed by atoms with van der Waals surface area (Å²) < 4.78 is 5.70. The van der Waals surface area contributed by atoms with Gasteiger partial charge in [-0.3, -0.25) is 0 Å². The van der Waals surface area contributed by atoms with E-state index < -0.39 is 0 Å². The van der Waals surface area contributed by atoms with Crippen LogP contribution in [-0.2, 0) is 4.74 Å². The molecule has 13 heavy (non-hydrogen) atoms. The van der Waals surface area contributed by atoms with Gasteiger partial charge in [-0.2, -0.15) is 0 Å². The fraction of sp³-hybridized carbons (Fsp3) is 1.00. The van der Waals surface area contributed by atoms with E-state index >= 15 is 0 Å². The molecule has 3 nitrogen and oxygen atoms in total. The van der Waals surface area contributed by atoms with Crippen LogP contribution in [0.3, 0.4) is 0 Å². The first-order valence-corrected chi connectivity index (χ1v) is 5.14. The van der Waals surface area contributed by atoms with Crippen molar-refractivity contribution in [1.29, 1.82) is 0 Å². The summed E-state index contributed by atoms with van der Waals surface area (Å²) in [5.74, 6) is 0.583. The van der Waals surface area contributed by atoms with Gasteiger partial charge in [-0.25, -0.2) is 0 Å². The molecule has 1 fully saturated rings. The van der Waals surface area contributed by atoms with Gasteiger partial charge < -0.3 is 15.8 Å². The lowest BCUT2D eigenvalue weighted by Crippen LogP contribution is -2.55. The molecule has 0 radical (unpaired) electrons. The van der Waals surface area contributed by atoms with Crippen molar-refractivity contribution >= 4 is 0 Å². The fourth-order valence-electron chi connectivity index (χ4n) is 1.89. The largest absolute Gasteiger partial charge is 0.378 e. The Labute approximate surface area is 81.0 Å². The molecule has 0 amide bonds. The monoisotopic (exact) mass is 186 g/mol. The molecule has 0 aromatic heterocycles. The number of likely N-dealkylation sites (N-methyl/N-ethyl adjacent to an activating group) is 1. The summed E-state index contributed by atoms with van der Waals surface area (Å²) in [4.78, 5) is 0. The zero-order valence-corrected chi connectivity index (χ0v) is 8.97. The molecule has 3 N–H and O–H groups in total. The third kappa shape index (κ3) is 2.42. The van der Waals surface area contributed by atoms with Crippen molar-refractivity contribution in [2.24, 2.45) is 11.7 Å². The number of nitrogens with one attached hydrogen (secondary N) is 1. The maximum atomic E-state index is 5.79. The number of ether oxygens (including phenoxy) is 1. The van der Waals surface area contributed by atoms with E-state index in [1.165, 1.54) is 0 Å². The Morgan fingerprint density at radius 1 is 1.62 bits per heavy atom. The number of hydrogen-bond acceptors (Lipinski definition) is 3. The van der Waals surface area contributed by atoms with Gasteiger partial charge in [0.15, 0.2) is 0 Å². The summed E-state index contributed by atoms with van der Waals surface area (Å²) in [5, 5.41) is 3.35. The summed E-state index contributed by atoms with van der Waals surface area (Å²) in [6, 6.07) is 0. The van der Waals surface area contributed by atoms with Gasteiger partial charge in [-0.05, 0) is 25.8 Å². The first-order chi connectivity index (χ1) is 6.13. The first kappa shape index (κ1) is 11.0. The third-order valence-corrected chi connectivity index (χ3v) is 3.17. The quantitative estimate of drug-likeness (QED) is 0.683. The Bertz CT molecular complexity index is 155. The average molecular weight is 186 g/mol. The molecule has 0 spiro atoms. The minimum absolute atomic E-state index is 0.118. The highest BCUT2D eigenvalue weighted by molar-refractivity contribution is 4.93. The van der Waals surface area contributed by atoms with Crippen LogP contribution in [0.25, 0.3) is 0 Å². The molecule has 2 unspecified atom stereocenters. The second-order valence-corrected chi connectivity index (χ2v) is 4.34.